The van der Waals surface area contributed by atoms with E-state index in [1.807, 2.05) is 30.3 Å². The molecule has 0 heterocycles. The summed E-state index contributed by atoms with van der Waals surface area (Å²) in [7, 11) is 0. The van der Waals surface area contributed by atoms with Crippen molar-refractivity contribution in [2.24, 2.45) is 0 Å². The first-order valence-electron chi connectivity index (χ1n) is 7.97. The van der Waals surface area contributed by atoms with E-state index in [1.165, 1.54) is 0 Å². The number of ketones is 2. The lowest BCUT2D eigenvalue weighted by atomic mass is 9.77. The minimum absolute atomic E-state index is 0.188. The lowest BCUT2D eigenvalue weighted by Gasteiger charge is -2.25. The standard InChI is InChI=1S/C21H16N2O2/c1-11-15-17(21(25)14-10-6-5-9-13(14)20(15)24)16(19(23)18(11)22)12-7-3-2-4-8-12/h2-10H,22-23H2,1H3. The van der Waals surface area contributed by atoms with Crippen molar-refractivity contribution in [2.45, 2.75) is 6.92 Å². The Morgan fingerprint density at radius 3 is 1.76 bits per heavy atom. The van der Waals surface area contributed by atoms with Gasteiger partial charge in [0.1, 0.15) is 0 Å². The molecule has 25 heavy (non-hydrogen) atoms. The fourth-order valence-electron chi connectivity index (χ4n) is 3.48. The van der Waals surface area contributed by atoms with Gasteiger partial charge in [0.25, 0.3) is 0 Å². The summed E-state index contributed by atoms with van der Waals surface area (Å²) in [5, 5.41) is 0. The molecule has 3 aromatic carbocycles. The molecular formula is C21H16N2O2. The smallest absolute Gasteiger partial charge is 0.195 e. The normalized spacial score (nSPS) is 12.7. The highest BCUT2D eigenvalue weighted by Crippen LogP contribution is 2.43. The van der Waals surface area contributed by atoms with Gasteiger partial charge >= 0.3 is 0 Å². The number of carbonyl (C=O) groups excluding carboxylic acids is 2. The highest BCUT2D eigenvalue weighted by atomic mass is 16.1. The molecule has 0 spiro atoms. The second kappa shape index (κ2) is 5.31. The van der Waals surface area contributed by atoms with Crippen molar-refractivity contribution in [3.05, 3.63) is 82.4 Å². The predicted octanol–water partition coefficient (Wildman–Crippen LogP) is 3.60. The summed E-state index contributed by atoms with van der Waals surface area (Å²) in [6.07, 6.45) is 0. The van der Waals surface area contributed by atoms with E-state index in [0.717, 1.165) is 5.56 Å². The molecule has 0 aliphatic heterocycles. The fraction of sp³-hybridized carbons (Fsp3) is 0.0476. The Kier molecular flexibility index (Phi) is 3.22. The van der Waals surface area contributed by atoms with Crippen molar-refractivity contribution in [1.29, 1.82) is 0 Å². The maximum Gasteiger partial charge on any atom is 0.195 e. The van der Waals surface area contributed by atoms with Gasteiger partial charge in [0.05, 0.1) is 11.4 Å². The Bertz CT molecular complexity index is 1050. The highest BCUT2D eigenvalue weighted by Gasteiger charge is 2.35. The van der Waals surface area contributed by atoms with Gasteiger partial charge in [-0.2, -0.15) is 0 Å². The summed E-state index contributed by atoms with van der Waals surface area (Å²) in [5.74, 6) is -0.384. The minimum Gasteiger partial charge on any atom is -0.397 e. The van der Waals surface area contributed by atoms with Crippen molar-refractivity contribution in [3.63, 3.8) is 0 Å². The van der Waals surface area contributed by atoms with Gasteiger partial charge in [0.15, 0.2) is 11.6 Å². The van der Waals surface area contributed by atoms with Gasteiger partial charge in [-0.25, -0.2) is 0 Å². The van der Waals surface area contributed by atoms with Crippen LogP contribution >= 0.6 is 0 Å². The van der Waals surface area contributed by atoms with Crippen LogP contribution in [0.1, 0.15) is 37.4 Å². The highest BCUT2D eigenvalue weighted by molar-refractivity contribution is 6.32. The number of fused-ring (bicyclic) bond motifs is 2. The van der Waals surface area contributed by atoms with E-state index in [-0.39, 0.29) is 11.6 Å². The molecule has 0 bridgehead atoms. The topological polar surface area (TPSA) is 86.2 Å². The van der Waals surface area contributed by atoms with Crippen molar-refractivity contribution in [3.8, 4) is 11.1 Å². The average Bonchev–Trinajstić information content (AvgIpc) is 2.65. The molecule has 122 valence electrons. The van der Waals surface area contributed by atoms with E-state index >= 15 is 0 Å². The molecule has 4 N–H and O–H groups in total. The summed E-state index contributed by atoms with van der Waals surface area (Å²) in [6.45, 7) is 1.73. The molecule has 4 nitrogen and oxygen atoms in total. The maximum absolute atomic E-state index is 13.2. The molecule has 0 radical (unpaired) electrons. The zero-order chi connectivity index (χ0) is 17.7. The lowest BCUT2D eigenvalue weighted by Crippen LogP contribution is -2.24. The zero-order valence-corrected chi connectivity index (χ0v) is 13.7. The molecule has 0 saturated heterocycles. The minimum atomic E-state index is -0.196. The number of nitrogens with two attached hydrogens (primary N) is 2. The third-order valence-corrected chi connectivity index (χ3v) is 4.77. The lowest BCUT2D eigenvalue weighted by molar-refractivity contribution is 0.0979. The molecule has 4 rings (SSSR count). The van der Waals surface area contributed by atoms with Gasteiger partial charge < -0.3 is 11.5 Å². The van der Waals surface area contributed by atoms with Gasteiger partial charge in [-0.05, 0) is 18.1 Å². The van der Waals surface area contributed by atoms with Gasteiger partial charge in [0.2, 0.25) is 0 Å². The third-order valence-electron chi connectivity index (χ3n) is 4.77. The van der Waals surface area contributed by atoms with Crippen LogP contribution < -0.4 is 11.5 Å². The van der Waals surface area contributed by atoms with Crippen molar-refractivity contribution in [1.82, 2.24) is 0 Å². The molecule has 0 atom stereocenters. The van der Waals surface area contributed by atoms with Crippen molar-refractivity contribution >= 4 is 22.9 Å². The van der Waals surface area contributed by atoms with Crippen LogP contribution in [0.25, 0.3) is 11.1 Å². The molecule has 1 aliphatic rings. The van der Waals surface area contributed by atoms with Gasteiger partial charge in [-0.3, -0.25) is 9.59 Å². The van der Waals surface area contributed by atoms with Gasteiger partial charge in [-0.15, -0.1) is 0 Å². The van der Waals surface area contributed by atoms with E-state index in [1.54, 1.807) is 31.2 Å². The predicted molar refractivity (Wildman–Crippen MR) is 98.7 cm³/mol. The van der Waals surface area contributed by atoms with Gasteiger partial charge in [0, 0.05) is 27.8 Å². The number of hydrogen-bond acceptors (Lipinski definition) is 4. The first-order valence-corrected chi connectivity index (χ1v) is 7.97. The largest absolute Gasteiger partial charge is 0.397 e. The summed E-state index contributed by atoms with van der Waals surface area (Å²) in [5.41, 5.74) is 16.5. The number of rotatable bonds is 1. The Hall–Kier alpha value is -3.40. The van der Waals surface area contributed by atoms with Gasteiger partial charge in [-0.1, -0.05) is 54.6 Å². The molecule has 0 fully saturated rings. The number of anilines is 2. The van der Waals surface area contributed by atoms with E-state index in [4.69, 9.17) is 11.5 Å². The number of nitrogen functional groups attached to an aromatic ring is 2. The molecule has 0 aromatic heterocycles. The molecule has 0 saturated carbocycles. The SMILES string of the molecule is Cc1c(N)c(N)c(-c2ccccc2)c2c1C(=O)c1ccccc1C2=O. The third kappa shape index (κ3) is 2.01. The van der Waals surface area contributed by atoms with Crippen molar-refractivity contribution in [2.75, 3.05) is 11.5 Å². The fourth-order valence-corrected chi connectivity index (χ4v) is 3.48. The molecule has 0 amide bonds. The van der Waals surface area contributed by atoms with Crippen LogP contribution in [-0.4, -0.2) is 11.6 Å². The molecule has 1 aliphatic carbocycles. The van der Waals surface area contributed by atoms with Crippen LogP contribution in [-0.2, 0) is 0 Å². The number of benzene rings is 3. The van der Waals surface area contributed by atoms with Crippen LogP contribution in [0.5, 0.6) is 0 Å². The monoisotopic (exact) mass is 328 g/mol. The molecular weight excluding hydrogens is 312 g/mol. The molecule has 4 heteroatoms. The zero-order valence-electron chi connectivity index (χ0n) is 13.7. The van der Waals surface area contributed by atoms with E-state index in [0.29, 0.717) is 44.8 Å². The van der Waals surface area contributed by atoms with E-state index in [2.05, 4.69) is 0 Å². The first kappa shape index (κ1) is 15.1. The first-order chi connectivity index (χ1) is 12.0. The Morgan fingerprint density at radius 2 is 1.16 bits per heavy atom. The van der Waals surface area contributed by atoms with Crippen LogP contribution in [0, 0.1) is 6.92 Å². The van der Waals surface area contributed by atoms with Crippen molar-refractivity contribution < 1.29 is 9.59 Å². The van der Waals surface area contributed by atoms with E-state index in [9.17, 15) is 9.59 Å². The Labute approximate surface area is 145 Å². The van der Waals surface area contributed by atoms with Crippen LogP contribution in [0.3, 0.4) is 0 Å². The second-order valence-corrected chi connectivity index (χ2v) is 6.15. The van der Waals surface area contributed by atoms with Crippen LogP contribution in [0.4, 0.5) is 11.4 Å². The van der Waals surface area contributed by atoms with Crippen LogP contribution in [0.15, 0.2) is 54.6 Å². The number of carbonyl (C=O) groups is 2. The Morgan fingerprint density at radius 1 is 0.640 bits per heavy atom. The summed E-state index contributed by atoms with van der Waals surface area (Å²) in [4.78, 5) is 26.3. The second-order valence-electron chi connectivity index (χ2n) is 6.15. The quantitative estimate of drug-likeness (QED) is 0.523. The summed E-state index contributed by atoms with van der Waals surface area (Å²) < 4.78 is 0. The summed E-state index contributed by atoms with van der Waals surface area (Å²) in [6, 6.07) is 16.2. The van der Waals surface area contributed by atoms with Crippen LogP contribution in [0.2, 0.25) is 0 Å². The maximum atomic E-state index is 13.2. The average molecular weight is 328 g/mol. The Balaban J connectivity index is 2.15. The molecule has 0 unspecified atom stereocenters. The molecule has 3 aromatic rings. The van der Waals surface area contributed by atoms with E-state index < -0.39 is 0 Å². The summed E-state index contributed by atoms with van der Waals surface area (Å²) >= 11 is 0. The number of hydrogen-bond donors (Lipinski definition) is 2.